The van der Waals surface area contributed by atoms with Crippen molar-refractivity contribution in [2.75, 3.05) is 31.1 Å². The van der Waals surface area contributed by atoms with Crippen LogP contribution in [0.1, 0.15) is 5.56 Å². The molecule has 1 fully saturated rings. The molecule has 0 saturated carbocycles. The molecule has 0 amide bonds. The maximum Gasteiger partial charge on any atom is 0.204 e. The van der Waals surface area contributed by atoms with E-state index in [0.29, 0.717) is 12.5 Å². The maximum absolute atomic E-state index is 13.0. The lowest BCUT2D eigenvalue weighted by molar-refractivity contribution is 0.182. The van der Waals surface area contributed by atoms with E-state index in [4.69, 9.17) is 0 Å². The number of halogens is 1. The molecule has 0 radical (unpaired) electrons. The van der Waals surface area contributed by atoms with Gasteiger partial charge >= 0.3 is 0 Å². The molecule has 134 valence electrons. The fraction of sp³-hybridized carbons (Fsp3) is 0.316. The molecule has 3 aromatic rings. The monoisotopic (exact) mass is 352 g/mol. The minimum Gasteiger partial charge on any atom is -0.369 e. The van der Waals surface area contributed by atoms with Crippen molar-refractivity contribution in [3.63, 3.8) is 0 Å². The van der Waals surface area contributed by atoms with Gasteiger partial charge in [-0.2, -0.15) is 0 Å². The summed E-state index contributed by atoms with van der Waals surface area (Å²) in [7, 11) is 0. The first kappa shape index (κ1) is 16.7. The Morgan fingerprint density at radius 3 is 2.50 bits per heavy atom. The maximum atomic E-state index is 13.0. The zero-order chi connectivity index (χ0) is 17.9. The highest BCUT2D eigenvalue weighted by Gasteiger charge is 2.18. The molecule has 7 heteroatoms. The Bertz CT molecular complexity index is 868. The summed E-state index contributed by atoms with van der Waals surface area (Å²) >= 11 is 0. The normalized spacial score (nSPS) is 15.4. The first-order valence-electron chi connectivity index (χ1n) is 8.75. The highest BCUT2D eigenvalue weighted by atomic mass is 19.1. The first-order chi connectivity index (χ1) is 12.7. The number of rotatable bonds is 4. The standard InChI is InChI=1S/C19H21FN6/c1-15-3-2-4-18(13-15)25-11-9-24(10-12-25)14-26-22-19(21-23-26)16-5-7-17(20)8-6-16/h2-8,13H,9-12,14H2,1H3. The Hall–Kier alpha value is -2.80. The number of tetrazole rings is 1. The molecule has 1 aromatic heterocycles. The molecule has 4 rings (SSSR count). The third-order valence-corrected chi connectivity index (χ3v) is 4.62. The van der Waals surface area contributed by atoms with Crippen LogP contribution in [-0.4, -0.2) is 51.3 Å². The summed E-state index contributed by atoms with van der Waals surface area (Å²) in [5, 5.41) is 12.6. The van der Waals surface area contributed by atoms with Crippen LogP contribution < -0.4 is 4.90 Å². The summed E-state index contributed by atoms with van der Waals surface area (Å²) in [6.45, 7) is 6.57. The lowest BCUT2D eigenvalue weighted by atomic mass is 10.2. The van der Waals surface area contributed by atoms with Crippen LogP contribution in [0.3, 0.4) is 0 Å². The van der Waals surface area contributed by atoms with Gasteiger partial charge in [-0.05, 0) is 54.1 Å². The lowest BCUT2D eigenvalue weighted by Crippen LogP contribution is -2.47. The predicted molar refractivity (Wildman–Crippen MR) is 98.2 cm³/mol. The molecule has 0 N–H and O–H groups in total. The van der Waals surface area contributed by atoms with Crippen molar-refractivity contribution in [2.24, 2.45) is 0 Å². The molecule has 2 aromatic carbocycles. The molecule has 1 aliphatic heterocycles. The quantitative estimate of drug-likeness (QED) is 0.722. The van der Waals surface area contributed by atoms with E-state index < -0.39 is 0 Å². The molecule has 0 aliphatic carbocycles. The van der Waals surface area contributed by atoms with Crippen LogP contribution in [0.5, 0.6) is 0 Å². The molecule has 0 atom stereocenters. The van der Waals surface area contributed by atoms with E-state index in [1.165, 1.54) is 23.4 Å². The van der Waals surface area contributed by atoms with Crippen molar-refractivity contribution in [1.82, 2.24) is 25.1 Å². The van der Waals surface area contributed by atoms with Crippen molar-refractivity contribution in [2.45, 2.75) is 13.6 Å². The minimum atomic E-state index is -0.271. The number of benzene rings is 2. The number of hydrogen-bond donors (Lipinski definition) is 0. The number of aryl methyl sites for hydroxylation is 1. The van der Waals surface area contributed by atoms with Gasteiger partial charge in [0.15, 0.2) is 0 Å². The van der Waals surface area contributed by atoms with Gasteiger partial charge in [0.05, 0.1) is 0 Å². The second kappa shape index (κ2) is 7.21. The van der Waals surface area contributed by atoms with Crippen LogP contribution in [0.4, 0.5) is 10.1 Å². The Labute approximate surface area is 151 Å². The van der Waals surface area contributed by atoms with E-state index in [1.54, 1.807) is 16.9 Å². The number of piperazine rings is 1. The van der Waals surface area contributed by atoms with Gasteiger partial charge < -0.3 is 4.90 Å². The summed E-state index contributed by atoms with van der Waals surface area (Å²) in [5.41, 5.74) is 3.33. The highest BCUT2D eigenvalue weighted by Crippen LogP contribution is 2.18. The Morgan fingerprint density at radius 1 is 1.00 bits per heavy atom. The molecular weight excluding hydrogens is 331 g/mol. The van der Waals surface area contributed by atoms with Gasteiger partial charge in [0.2, 0.25) is 5.82 Å². The van der Waals surface area contributed by atoms with Crippen molar-refractivity contribution in [3.05, 3.63) is 59.9 Å². The molecule has 0 bridgehead atoms. The van der Waals surface area contributed by atoms with Gasteiger partial charge in [0, 0.05) is 37.4 Å². The van der Waals surface area contributed by atoms with Crippen LogP contribution in [0, 0.1) is 12.7 Å². The lowest BCUT2D eigenvalue weighted by Gasteiger charge is -2.35. The molecule has 6 nitrogen and oxygen atoms in total. The summed E-state index contributed by atoms with van der Waals surface area (Å²) < 4.78 is 13.0. The summed E-state index contributed by atoms with van der Waals surface area (Å²) in [6.07, 6.45) is 0. The second-order valence-electron chi connectivity index (χ2n) is 6.58. The van der Waals surface area contributed by atoms with E-state index in [-0.39, 0.29) is 5.82 Å². The average molecular weight is 352 g/mol. The van der Waals surface area contributed by atoms with Crippen LogP contribution in [0.2, 0.25) is 0 Å². The summed E-state index contributed by atoms with van der Waals surface area (Å²) in [6, 6.07) is 14.7. The van der Waals surface area contributed by atoms with E-state index in [2.05, 4.69) is 56.4 Å². The molecule has 2 heterocycles. The molecule has 1 aliphatic rings. The molecule has 0 unspecified atom stereocenters. The zero-order valence-corrected chi connectivity index (χ0v) is 14.7. The van der Waals surface area contributed by atoms with Crippen LogP contribution in [0.15, 0.2) is 48.5 Å². The number of nitrogens with zero attached hydrogens (tertiary/aromatic N) is 6. The largest absolute Gasteiger partial charge is 0.369 e. The first-order valence-corrected chi connectivity index (χ1v) is 8.75. The third-order valence-electron chi connectivity index (χ3n) is 4.62. The van der Waals surface area contributed by atoms with Gasteiger partial charge in [-0.1, -0.05) is 12.1 Å². The fourth-order valence-electron chi connectivity index (χ4n) is 3.17. The van der Waals surface area contributed by atoms with Crippen molar-refractivity contribution < 1.29 is 4.39 Å². The van der Waals surface area contributed by atoms with E-state index in [9.17, 15) is 4.39 Å². The van der Waals surface area contributed by atoms with Gasteiger partial charge in [-0.15, -0.1) is 15.0 Å². The second-order valence-corrected chi connectivity index (χ2v) is 6.58. The van der Waals surface area contributed by atoms with Gasteiger partial charge in [0.25, 0.3) is 0 Å². The molecular formula is C19H21FN6. The van der Waals surface area contributed by atoms with Gasteiger partial charge in [-0.25, -0.2) is 4.39 Å². The Balaban J connectivity index is 1.35. The Kier molecular flexibility index (Phi) is 4.62. The number of anilines is 1. The van der Waals surface area contributed by atoms with Crippen molar-refractivity contribution >= 4 is 5.69 Å². The summed E-state index contributed by atoms with van der Waals surface area (Å²) in [5.74, 6) is 0.246. The minimum absolute atomic E-state index is 0.271. The Morgan fingerprint density at radius 2 is 1.77 bits per heavy atom. The molecule has 0 spiro atoms. The topological polar surface area (TPSA) is 50.1 Å². The van der Waals surface area contributed by atoms with E-state index >= 15 is 0 Å². The molecule has 26 heavy (non-hydrogen) atoms. The third kappa shape index (κ3) is 3.72. The van der Waals surface area contributed by atoms with Gasteiger partial charge in [-0.3, -0.25) is 4.90 Å². The average Bonchev–Trinajstić information content (AvgIpc) is 3.11. The molecule has 1 saturated heterocycles. The smallest absolute Gasteiger partial charge is 0.204 e. The summed E-state index contributed by atoms with van der Waals surface area (Å²) in [4.78, 5) is 6.31. The predicted octanol–water partition coefficient (Wildman–Crippen LogP) is 2.57. The van der Waals surface area contributed by atoms with E-state index in [1.807, 2.05) is 0 Å². The highest BCUT2D eigenvalue weighted by molar-refractivity contribution is 5.53. The SMILES string of the molecule is Cc1cccc(N2CCN(Cn3nnc(-c4ccc(F)cc4)n3)CC2)c1. The fourth-order valence-corrected chi connectivity index (χ4v) is 3.17. The van der Waals surface area contributed by atoms with Crippen LogP contribution in [0.25, 0.3) is 11.4 Å². The number of hydrogen-bond acceptors (Lipinski definition) is 5. The van der Waals surface area contributed by atoms with Crippen LogP contribution >= 0.6 is 0 Å². The zero-order valence-electron chi connectivity index (χ0n) is 14.7. The van der Waals surface area contributed by atoms with Gasteiger partial charge in [0.1, 0.15) is 12.5 Å². The van der Waals surface area contributed by atoms with Crippen LogP contribution in [-0.2, 0) is 6.67 Å². The number of aromatic nitrogens is 4. The van der Waals surface area contributed by atoms with E-state index in [0.717, 1.165) is 31.7 Å². The van der Waals surface area contributed by atoms with Crippen molar-refractivity contribution in [3.8, 4) is 11.4 Å². The van der Waals surface area contributed by atoms with Crippen molar-refractivity contribution in [1.29, 1.82) is 0 Å².